The Balaban J connectivity index is 2.73. The van der Waals surface area contributed by atoms with Crippen LogP contribution in [0.2, 0.25) is 0 Å². The van der Waals surface area contributed by atoms with Crippen LogP contribution >= 0.6 is 0 Å². The fourth-order valence-corrected chi connectivity index (χ4v) is 1.28. The minimum atomic E-state index is -0.106. The SMILES string of the molecule is CC(C)(C)NC=C1C(=O)CCCC1=O. The third-order valence-corrected chi connectivity index (χ3v) is 2.06. The highest BCUT2D eigenvalue weighted by Crippen LogP contribution is 2.16. The monoisotopic (exact) mass is 195 g/mol. The lowest BCUT2D eigenvalue weighted by molar-refractivity contribution is -0.123. The quantitative estimate of drug-likeness (QED) is 0.510. The van der Waals surface area contributed by atoms with Crippen LogP contribution in [0.3, 0.4) is 0 Å². The molecule has 0 saturated heterocycles. The average molecular weight is 195 g/mol. The fourth-order valence-electron chi connectivity index (χ4n) is 1.28. The summed E-state index contributed by atoms with van der Waals surface area (Å²) in [5, 5.41) is 3.05. The summed E-state index contributed by atoms with van der Waals surface area (Å²) in [6.07, 6.45) is 3.28. The van der Waals surface area contributed by atoms with Gasteiger partial charge < -0.3 is 5.32 Å². The maximum Gasteiger partial charge on any atom is 0.167 e. The van der Waals surface area contributed by atoms with E-state index in [9.17, 15) is 9.59 Å². The van der Waals surface area contributed by atoms with E-state index in [-0.39, 0.29) is 17.1 Å². The summed E-state index contributed by atoms with van der Waals surface area (Å²) in [6, 6.07) is 0. The normalized spacial score (nSPS) is 18.4. The van der Waals surface area contributed by atoms with Gasteiger partial charge in [-0.25, -0.2) is 0 Å². The Hall–Kier alpha value is -1.12. The summed E-state index contributed by atoms with van der Waals surface area (Å²) >= 11 is 0. The van der Waals surface area contributed by atoms with E-state index >= 15 is 0 Å². The van der Waals surface area contributed by atoms with Crippen molar-refractivity contribution in [1.29, 1.82) is 0 Å². The first-order valence-corrected chi connectivity index (χ1v) is 4.94. The first kappa shape index (κ1) is 11.0. The molecule has 0 heterocycles. The van der Waals surface area contributed by atoms with Crippen LogP contribution in [-0.4, -0.2) is 17.1 Å². The number of carbonyl (C=O) groups is 2. The van der Waals surface area contributed by atoms with E-state index in [4.69, 9.17) is 0 Å². The summed E-state index contributed by atoms with van der Waals surface area (Å²) in [5.74, 6) is -0.0593. The molecule has 1 aliphatic rings. The standard InChI is InChI=1S/C11H17NO2/c1-11(2,3)12-7-8-9(13)5-4-6-10(8)14/h7,12H,4-6H2,1-3H3. The van der Waals surface area contributed by atoms with E-state index in [1.165, 1.54) is 0 Å². The number of hydrogen-bond acceptors (Lipinski definition) is 3. The lowest BCUT2D eigenvalue weighted by Crippen LogP contribution is -2.33. The number of Topliss-reactive ketones (excluding diaryl/α,β-unsaturated/α-hetero) is 2. The predicted molar refractivity (Wildman–Crippen MR) is 54.8 cm³/mol. The molecule has 0 bridgehead atoms. The lowest BCUT2D eigenvalue weighted by Gasteiger charge is -2.20. The minimum Gasteiger partial charge on any atom is -0.386 e. The summed E-state index contributed by atoms with van der Waals surface area (Å²) < 4.78 is 0. The Bertz CT molecular complexity index is 266. The highest BCUT2D eigenvalue weighted by atomic mass is 16.1. The molecule has 1 rings (SSSR count). The van der Waals surface area contributed by atoms with Crippen LogP contribution in [-0.2, 0) is 9.59 Å². The molecule has 1 aliphatic carbocycles. The summed E-state index contributed by atoms with van der Waals surface area (Å²) in [7, 11) is 0. The van der Waals surface area contributed by atoms with Crippen molar-refractivity contribution in [2.24, 2.45) is 0 Å². The van der Waals surface area contributed by atoms with Gasteiger partial charge in [-0.05, 0) is 27.2 Å². The Kier molecular flexibility index (Phi) is 3.09. The maximum atomic E-state index is 11.4. The third-order valence-electron chi connectivity index (χ3n) is 2.06. The van der Waals surface area contributed by atoms with Gasteiger partial charge in [-0.3, -0.25) is 9.59 Å². The van der Waals surface area contributed by atoms with E-state index in [0.717, 1.165) is 0 Å². The molecule has 1 N–H and O–H groups in total. The van der Waals surface area contributed by atoms with Crippen LogP contribution in [0, 0.1) is 0 Å². The molecular weight excluding hydrogens is 178 g/mol. The van der Waals surface area contributed by atoms with Crippen LogP contribution in [0.15, 0.2) is 11.8 Å². The molecule has 0 amide bonds. The van der Waals surface area contributed by atoms with Crippen molar-refractivity contribution in [3.63, 3.8) is 0 Å². The number of nitrogens with one attached hydrogen (secondary N) is 1. The molecule has 0 spiro atoms. The van der Waals surface area contributed by atoms with E-state index in [1.54, 1.807) is 6.20 Å². The molecular formula is C11H17NO2. The van der Waals surface area contributed by atoms with Crippen molar-refractivity contribution in [3.05, 3.63) is 11.8 Å². The number of ketones is 2. The first-order chi connectivity index (χ1) is 6.40. The van der Waals surface area contributed by atoms with Crippen molar-refractivity contribution in [2.45, 2.75) is 45.6 Å². The van der Waals surface area contributed by atoms with Crippen LogP contribution in [0.1, 0.15) is 40.0 Å². The van der Waals surface area contributed by atoms with Crippen molar-refractivity contribution in [2.75, 3.05) is 0 Å². The Morgan fingerprint density at radius 3 is 2.07 bits per heavy atom. The smallest absolute Gasteiger partial charge is 0.167 e. The molecule has 0 atom stereocenters. The Labute approximate surface area is 84.6 Å². The van der Waals surface area contributed by atoms with Gasteiger partial charge in [0.05, 0.1) is 5.57 Å². The van der Waals surface area contributed by atoms with Crippen molar-refractivity contribution < 1.29 is 9.59 Å². The maximum absolute atomic E-state index is 11.4. The Morgan fingerprint density at radius 1 is 1.14 bits per heavy atom. The second kappa shape index (κ2) is 3.95. The molecule has 78 valence electrons. The van der Waals surface area contributed by atoms with Crippen LogP contribution in [0.5, 0.6) is 0 Å². The van der Waals surface area contributed by atoms with Gasteiger partial charge in [0, 0.05) is 24.6 Å². The molecule has 0 aliphatic heterocycles. The second-order valence-corrected chi connectivity index (χ2v) is 4.65. The molecule has 14 heavy (non-hydrogen) atoms. The molecule has 3 nitrogen and oxygen atoms in total. The average Bonchev–Trinajstić information content (AvgIpc) is 2.01. The zero-order valence-electron chi connectivity index (χ0n) is 9.02. The van der Waals surface area contributed by atoms with E-state index < -0.39 is 0 Å². The van der Waals surface area contributed by atoms with Gasteiger partial charge in [0.15, 0.2) is 11.6 Å². The zero-order valence-corrected chi connectivity index (χ0v) is 9.02. The predicted octanol–water partition coefficient (Wildman–Crippen LogP) is 1.58. The van der Waals surface area contributed by atoms with Crippen LogP contribution in [0.25, 0.3) is 0 Å². The molecule has 0 aromatic carbocycles. The van der Waals surface area contributed by atoms with Gasteiger partial charge in [0.1, 0.15) is 0 Å². The van der Waals surface area contributed by atoms with Gasteiger partial charge in [-0.1, -0.05) is 0 Å². The number of carbonyl (C=O) groups excluding carboxylic acids is 2. The van der Waals surface area contributed by atoms with Crippen molar-refractivity contribution in [1.82, 2.24) is 5.32 Å². The van der Waals surface area contributed by atoms with E-state index in [1.807, 2.05) is 20.8 Å². The second-order valence-electron chi connectivity index (χ2n) is 4.65. The molecule has 0 radical (unpaired) electrons. The minimum absolute atomic E-state index is 0.0296. The number of hydrogen-bond donors (Lipinski definition) is 1. The number of allylic oxidation sites excluding steroid dienone is 1. The van der Waals surface area contributed by atoms with E-state index in [2.05, 4.69) is 5.32 Å². The van der Waals surface area contributed by atoms with E-state index in [0.29, 0.717) is 24.8 Å². The van der Waals surface area contributed by atoms with Gasteiger partial charge in [0.2, 0.25) is 0 Å². The van der Waals surface area contributed by atoms with Gasteiger partial charge in [0.25, 0.3) is 0 Å². The summed E-state index contributed by atoms with van der Waals surface area (Å²) in [4.78, 5) is 22.8. The molecule has 0 unspecified atom stereocenters. The fraction of sp³-hybridized carbons (Fsp3) is 0.636. The molecule has 1 fully saturated rings. The van der Waals surface area contributed by atoms with Crippen LogP contribution < -0.4 is 5.32 Å². The largest absolute Gasteiger partial charge is 0.386 e. The van der Waals surface area contributed by atoms with Crippen molar-refractivity contribution >= 4 is 11.6 Å². The first-order valence-electron chi connectivity index (χ1n) is 4.94. The molecule has 0 aromatic heterocycles. The van der Waals surface area contributed by atoms with Gasteiger partial charge in [-0.2, -0.15) is 0 Å². The van der Waals surface area contributed by atoms with Crippen molar-refractivity contribution in [3.8, 4) is 0 Å². The summed E-state index contributed by atoms with van der Waals surface area (Å²) in [6.45, 7) is 5.96. The van der Waals surface area contributed by atoms with Gasteiger partial charge >= 0.3 is 0 Å². The lowest BCUT2D eigenvalue weighted by atomic mass is 9.93. The molecule has 1 saturated carbocycles. The zero-order chi connectivity index (χ0) is 10.8. The summed E-state index contributed by atoms with van der Waals surface area (Å²) in [5.41, 5.74) is 0.233. The molecule has 3 heteroatoms. The highest BCUT2D eigenvalue weighted by molar-refractivity contribution is 6.21. The topological polar surface area (TPSA) is 46.2 Å². The third kappa shape index (κ3) is 2.98. The van der Waals surface area contributed by atoms with Crippen LogP contribution in [0.4, 0.5) is 0 Å². The Morgan fingerprint density at radius 2 is 1.64 bits per heavy atom. The van der Waals surface area contributed by atoms with Gasteiger partial charge in [-0.15, -0.1) is 0 Å². The number of rotatable bonds is 1. The molecule has 0 aromatic rings. The highest BCUT2D eigenvalue weighted by Gasteiger charge is 2.23.